The van der Waals surface area contributed by atoms with Crippen molar-refractivity contribution in [2.75, 3.05) is 43.4 Å². The van der Waals surface area contributed by atoms with Crippen molar-refractivity contribution in [3.8, 4) is 17.1 Å². The molecule has 7 nitrogen and oxygen atoms in total. The Balaban J connectivity index is 1.23. The van der Waals surface area contributed by atoms with Crippen molar-refractivity contribution in [3.63, 3.8) is 0 Å². The number of hydrogen-bond acceptors (Lipinski definition) is 7. The molecule has 216 valence electrons. The first-order valence-corrected chi connectivity index (χ1v) is 15.0. The van der Waals surface area contributed by atoms with E-state index in [0.29, 0.717) is 47.4 Å². The molecular weight excluding hydrogens is 529 g/mol. The molecule has 1 aliphatic carbocycles. The monoisotopic (exact) mass is 564 g/mol. The van der Waals surface area contributed by atoms with Crippen molar-refractivity contribution >= 4 is 22.4 Å². The summed E-state index contributed by atoms with van der Waals surface area (Å²) in [6.45, 7) is 3.07. The molecule has 2 aromatic carbocycles. The summed E-state index contributed by atoms with van der Waals surface area (Å²) < 4.78 is 52.3. The second-order valence-electron chi connectivity index (χ2n) is 12.8. The lowest BCUT2D eigenvalue weighted by molar-refractivity contribution is 0.107. The smallest absolute Gasteiger partial charge is 0.319 e. The quantitative estimate of drug-likeness (QED) is 0.411. The van der Waals surface area contributed by atoms with Gasteiger partial charge in [-0.25, -0.2) is 13.2 Å². The van der Waals surface area contributed by atoms with E-state index in [1.165, 1.54) is 6.07 Å². The Morgan fingerprint density at radius 2 is 1.83 bits per heavy atom. The van der Waals surface area contributed by atoms with E-state index in [0.717, 1.165) is 58.2 Å². The average molecular weight is 565 g/mol. The molecule has 5 aliphatic rings. The van der Waals surface area contributed by atoms with Crippen molar-refractivity contribution in [1.82, 2.24) is 20.2 Å². The molecule has 4 atom stereocenters. The average Bonchev–Trinajstić information content (AvgIpc) is 3.52. The molecule has 2 bridgehead atoms. The van der Waals surface area contributed by atoms with Gasteiger partial charge in [-0.3, -0.25) is 4.90 Å². The third-order valence-corrected chi connectivity index (χ3v) is 9.94. The number of piperazine rings is 1. The SMILES string of the molecule is Nc1cc(F)c(C2CC2)c(-c2ccc3c(N4C[C@H]5CC[C@@H](C4)N5)nc(OC[C@@]45CCCN4C[C@H](F)C5)nc3c2F)c1. The van der Waals surface area contributed by atoms with Crippen LogP contribution < -0.4 is 20.7 Å². The number of hydrogen-bond donors (Lipinski definition) is 2. The number of halogens is 3. The van der Waals surface area contributed by atoms with E-state index >= 15 is 8.78 Å². The highest BCUT2D eigenvalue weighted by molar-refractivity contribution is 5.94. The molecular formula is C31H35F3N6O. The van der Waals surface area contributed by atoms with E-state index in [2.05, 4.69) is 20.1 Å². The van der Waals surface area contributed by atoms with Crippen LogP contribution >= 0.6 is 0 Å². The molecule has 41 heavy (non-hydrogen) atoms. The highest BCUT2D eigenvalue weighted by Gasteiger charge is 2.49. The van der Waals surface area contributed by atoms with Gasteiger partial charge in [0.15, 0.2) is 5.82 Å². The summed E-state index contributed by atoms with van der Waals surface area (Å²) in [5, 5.41) is 4.24. The number of rotatable bonds is 6. The number of anilines is 2. The number of ether oxygens (including phenoxy) is 1. The van der Waals surface area contributed by atoms with Crippen LogP contribution in [0.25, 0.3) is 22.0 Å². The molecule has 4 saturated heterocycles. The maximum atomic E-state index is 16.6. The van der Waals surface area contributed by atoms with Crippen LogP contribution in [0.2, 0.25) is 0 Å². The van der Waals surface area contributed by atoms with Gasteiger partial charge in [0.05, 0.1) is 5.54 Å². The summed E-state index contributed by atoms with van der Waals surface area (Å²) in [5.74, 6) is -0.220. The third-order valence-electron chi connectivity index (χ3n) is 9.94. The minimum absolute atomic E-state index is 0.0660. The molecule has 5 fully saturated rings. The maximum Gasteiger partial charge on any atom is 0.319 e. The van der Waals surface area contributed by atoms with Gasteiger partial charge in [0.2, 0.25) is 0 Å². The Kier molecular flexibility index (Phi) is 5.90. The van der Waals surface area contributed by atoms with E-state index in [1.54, 1.807) is 12.1 Å². The zero-order chi connectivity index (χ0) is 27.9. The van der Waals surface area contributed by atoms with Crippen LogP contribution in [-0.4, -0.2) is 71.4 Å². The molecule has 3 N–H and O–H groups in total. The second kappa shape index (κ2) is 9.46. The van der Waals surface area contributed by atoms with Gasteiger partial charge in [0, 0.05) is 54.8 Å². The van der Waals surface area contributed by atoms with Crippen molar-refractivity contribution in [3.05, 3.63) is 41.5 Å². The molecule has 4 aliphatic heterocycles. The first-order valence-electron chi connectivity index (χ1n) is 15.0. The summed E-state index contributed by atoms with van der Waals surface area (Å²) in [4.78, 5) is 13.8. The normalized spacial score (nSPS) is 29.4. The molecule has 8 rings (SSSR count). The molecule has 3 aromatic rings. The fourth-order valence-electron chi connectivity index (χ4n) is 7.91. The first-order chi connectivity index (χ1) is 19.9. The lowest BCUT2D eigenvalue weighted by atomic mass is 9.94. The van der Waals surface area contributed by atoms with Crippen molar-refractivity contribution in [1.29, 1.82) is 0 Å². The third kappa shape index (κ3) is 4.33. The lowest BCUT2D eigenvalue weighted by Gasteiger charge is -2.34. The number of benzene rings is 2. The number of nitrogens with zero attached hydrogens (tertiary/aromatic N) is 4. The summed E-state index contributed by atoms with van der Waals surface area (Å²) in [6, 6.07) is 7.34. The highest BCUT2D eigenvalue weighted by Crippen LogP contribution is 2.48. The Labute approximate surface area is 237 Å². The molecule has 1 aromatic heterocycles. The fraction of sp³-hybridized carbons (Fsp3) is 0.548. The minimum Gasteiger partial charge on any atom is -0.461 e. The van der Waals surface area contributed by atoms with Gasteiger partial charge in [-0.05, 0) is 80.3 Å². The Hall–Kier alpha value is -3.11. The molecule has 0 radical (unpaired) electrons. The number of nitrogens with one attached hydrogen (secondary N) is 1. The standard InChI is InChI=1S/C31H35F3N6O/c32-18-12-31(8-1-9-40(31)13-18)16-41-30-37-28-23(29(38-30)39-14-20-4-5-21(15-39)36-20)7-6-22(27(28)34)24-10-19(35)11-25(33)26(24)17-2-3-17/h6-7,10-11,17-18,20-21,36H,1-5,8-9,12-16,35H2/t18-,20-,21+,31+/m1/s1. The molecule has 5 heterocycles. The van der Waals surface area contributed by atoms with E-state index in [9.17, 15) is 4.39 Å². The van der Waals surface area contributed by atoms with E-state index < -0.39 is 17.8 Å². The van der Waals surface area contributed by atoms with Gasteiger partial charge in [-0.1, -0.05) is 6.07 Å². The molecule has 0 spiro atoms. The zero-order valence-electron chi connectivity index (χ0n) is 23.0. The number of fused-ring (bicyclic) bond motifs is 4. The van der Waals surface area contributed by atoms with E-state index in [1.807, 2.05) is 6.07 Å². The van der Waals surface area contributed by atoms with Gasteiger partial charge in [-0.2, -0.15) is 9.97 Å². The number of alkyl halides is 1. The maximum absolute atomic E-state index is 16.6. The fourth-order valence-corrected chi connectivity index (χ4v) is 7.91. The predicted octanol–water partition coefficient (Wildman–Crippen LogP) is 4.93. The van der Waals surface area contributed by atoms with Crippen molar-refractivity contribution in [2.45, 2.75) is 74.7 Å². The molecule has 0 unspecified atom stereocenters. The zero-order valence-corrected chi connectivity index (χ0v) is 23.0. The topological polar surface area (TPSA) is 79.5 Å². The van der Waals surface area contributed by atoms with Crippen LogP contribution in [-0.2, 0) is 0 Å². The summed E-state index contributed by atoms with van der Waals surface area (Å²) in [7, 11) is 0. The van der Waals surface area contributed by atoms with Gasteiger partial charge in [0.1, 0.15) is 29.9 Å². The van der Waals surface area contributed by atoms with Crippen LogP contribution in [0.15, 0.2) is 24.3 Å². The minimum atomic E-state index is -0.873. The van der Waals surface area contributed by atoms with Gasteiger partial charge in [0.25, 0.3) is 0 Å². The number of aromatic nitrogens is 2. The number of nitrogen functional groups attached to an aromatic ring is 1. The Morgan fingerprint density at radius 3 is 2.61 bits per heavy atom. The van der Waals surface area contributed by atoms with Crippen LogP contribution in [0.1, 0.15) is 56.4 Å². The van der Waals surface area contributed by atoms with Crippen LogP contribution in [0.4, 0.5) is 24.7 Å². The van der Waals surface area contributed by atoms with E-state index in [4.69, 9.17) is 15.5 Å². The van der Waals surface area contributed by atoms with Crippen LogP contribution in [0.5, 0.6) is 6.01 Å². The molecule has 0 amide bonds. The van der Waals surface area contributed by atoms with Crippen molar-refractivity contribution in [2.24, 2.45) is 0 Å². The van der Waals surface area contributed by atoms with E-state index in [-0.39, 0.29) is 40.8 Å². The summed E-state index contributed by atoms with van der Waals surface area (Å²) >= 11 is 0. The Bertz CT molecular complexity index is 1520. The largest absolute Gasteiger partial charge is 0.461 e. The summed E-state index contributed by atoms with van der Waals surface area (Å²) in [5.41, 5.74) is 7.33. The van der Waals surface area contributed by atoms with Crippen LogP contribution in [0, 0.1) is 11.6 Å². The molecule has 10 heteroatoms. The van der Waals surface area contributed by atoms with Gasteiger partial charge in [-0.15, -0.1) is 0 Å². The summed E-state index contributed by atoms with van der Waals surface area (Å²) in [6.07, 6.45) is 5.36. The van der Waals surface area contributed by atoms with Gasteiger partial charge >= 0.3 is 6.01 Å². The van der Waals surface area contributed by atoms with Gasteiger partial charge < -0.3 is 20.7 Å². The number of nitrogens with two attached hydrogens (primary N) is 1. The first kappa shape index (κ1) is 25.6. The highest BCUT2D eigenvalue weighted by atomic mass is 19.1. The molecule has 1 saturated carbocycles. The Morgan fingerprint density at radius 1 is 1.02 bits per heavy atom. The predicted molar refractivity (Wildman–Crippen MR) is 152 cm³/mol. The second-order valence-corrected chi connectivity index (χ2v) is 12.8. The van der Waals surface area contributed by atoms with Crippen LogP contribution in [0.3, 0.4) is 0 Å². The lowest BCUT2D eigenvalue weighted by Crippen LogP contribution is -2.51. The van der Waals surface area contributed by atoms with Crippen molar-refractivity contribution < 1.29 is 17.9 Å².